The first kappa shape index (κ1) is 8.95. The van der Waals surface area contributed by atoms with Crippen LogP contribution in [0.4, 0.5) is 0 Å². The maximum Gasteiger partial charge on any atom is 0.133 e. The number of hydrogen-bond acceptors (Lipinski definition) is 5. The zero-order valence-electron chi connectivity index (χ0n) is 8.66. The van der Waals surface area contributed by atoms with Gasteiger partial charge < -0.3 is 0 Å². The fourth-order valence-corrected chi connectivity index (χ4v) is 2.67. The van der Waals surface area contributed by atoms with Gasteiger partial charge in [-0.3, -0.25) is 9.97 Å². The summed E-state index contributed by atoms with van der Waals surface area (Å²) in [6.45, 7) is 0. The van der Waals surface area contributed by atoms with E-state index in [1.165, 1.54) is 11.7 Å². The molecule has 0 amide bonds. The summed E-state index contributed by atoms with van der Waals surface area (Å²) in [5.41, 5.74) is 3.49. The molecule has 4 aromatic rings. The summed E-state index contributed by atoms with van der Waals surface area (Å²) < 4.78 is 8.65. The molecule has 0 fully saturated rings. The van der Waals surface area contributed by atoms with E-state index in [2.05, 4.69) is 18.7 Å². The highest BCUT2D eigenvalue weighted by molar-refractivity contribution is 7.00. The van der Waals surface area contributed by atoms with Crippen molar-refractivity contribution in [2.75, 3.05) is 0 Å². The molecule has 0 unspecified atom stereocenters. The average Bonchev–Trinajstić information content (AvgIpc) is 2.89. The number of hydrogen-bond donors (Lipinski definition) is 0. The van der Waals surface area contributed by atoms with Gasteiger partial charge in [0.15, 0.2) is 0 Å². The van der Waals surface area contributed by atoms with Gasteiger partial charge in [-0.1, -0.05) is 12.1 Å². The highest BCUT2D eigenvalue weighted by atomic mass is 32.1. The topological polar surface area (TPSA) is 51.6 Å². The molecule has 5 heteroatoms. The Hall–Kier alpha value is -2.14. The number of fused-ring (bicyclic) bond motifs is 6. The molecule has 0 radical (unpaired) electrons. The van der Waals surface area contributed by atoms with Crippen LogP contribution in [0.1, 0.15) is 0 Å². The van der Waals surface area contributed by atoms with Crippen molar-refractivity contribution in [3.8, 4) is 0 Å². The van der Waals surface area contributed by atoms with Crippen molar-refractivity contribution in [3.05, 3.63) is 36.7 Å². The maximum absolute atomic E-state index is 4.41. The van der Waals surface area contributed by atoms with Gasteiger partial charge in [-0.15, -0.1) is 0 Å². The Morgan fingerprint density at radius 2 is 1.24 bits per heavy atom. The number of pyridine rings is 2. The minimum absolute atomic E-state index is 0.844. The second kappa shape index (κ2) is 3.18. The van der Waals surface area contributed by atoms with E-state index in [9.17, 15) is 0 Å². The van der Waals surface area contributed by atoms with E-state index in [4.69, 9.17) is 0 Å². The van der Waals surface area contributed by atoms with Crippen LogP contribution in [0.15, 0.2) is 36.7 Å². The monoisotopic (exact) mass is 238 g/mol. The van der Waals surface area contributed by atoms with Gasteiger partial charge in [0.05, 0.1) is 22.8 Å². The average molecular weight is 238 g/mol. The second-order valence-corrected chi connectivity index (χ2v) is 4.29. The molecule has 0 saturated heterocycles. The van der Waals surface area contributed by atoms with E-state index in [1.54, 1.807) is 12.4 Å². The van der Waals surface area contributed by atoms with E-state index in [1.807, 2.05) is 24.3 Å². The minimum Gasteiger partial charge on any atom is -0.254 e. The molecule has 80 valence electrons. The first-order chi connectivity index (χ1) is 8.45. The first-order valence-corrected chi connectivity index (χ1v) is 5.92. The van der Waals surface area contributed by atoms with Crippen LogP contribution in [0, 0.1) is 0 Å². The standard InChI is InChI=1S/C12H6N4S/c1-3-7-8-4-2-6-14-10(8)12-11(15-17-16-12)9(7)13-5-1/h1-6H. The van der Waals surface area contributed by atoms with Gasteiger partial charge in [-0.05, 0) is 12.1 Å². The zero-order valence-corrected chi connectivity index (χ0v) is 9.48. The van der Waals surface area contributed by atoms with Crippen molar-refractivity contribution in [1.82, 2.24) is 18.7 Å². The lowest BCUT2D eigenvalue weighted by atomic mass is 10.1. The van der Waals surface area contributed by atoms with Crippen LogP contribution < -0.4 is 0 Å². The lowest BCUT2D eigenvalue weighted by Crippen LogP contribution is -1.86. The quantitative estimate of drug-likeness (QED) is 0.442. The van der Waals surface area contributed by atoms with E-state index in [-0.39, 0.29) is 0 Å². The van der Waals surface area contributed by atoms with Gasteiger partial charge in [-0.2, -0.15) is 8.75 Å². The summed E-state index contributed by atoms with van der Waals surface area (Å²) >= 11 is 1.20. The third-order valence-electron chi connectivity index (χ3n) is 2.84. The molecule has 0 saturated carbocycles. The summed E-state index contributed by atoms with van der Waals surface area (Å²) in [7, 11) is 0. The fraction of sp³-hybridized carbons (Fsp3) is 0. The summed E-state index contributed by atoms with van der Waals surface area (Å²) in [6.07, 6.45) is 3.56. The van der Waals surface area contributed by atoms with Crippen molar-refractivity contribution in [3.63, 3.8) is 0 Å². The van der Waals surface area contributed by atoms with Crippen molar-refractivity contribution in [2.45, 2.75) is 0 Å². The molecular formula is C12H6N4S. The minimum atomic E-state index is 0.844. The van der Waals surface area contributed by atoms with Gasteiger partial charge in [0.25, 0.3) is 0 Å². The Morgan fingerprint density at radius 3 is 1.76 bits per heavy atom. The normalized spacial score (nSPS) is 11.5. The van der Waals surface area contributed by atoms with Crippen molar-refractivity contribution >= 4 is 44.6 Å². The molecule has 0 N–H and O–H groups in total. The second-order valence-electron chi connectivity index (χ2n) is 3.76. The zero-order chi connectivity index (χ0) is 11.2. The third kappa shape index (κ3) is 1.11. The van der Waals surface area contributed by atoms with Gasteiger partial charge >= 0.3 is 0 Å². The predicted octanol–water partition coefficient (Wildman–Crippen LogP) is 2.79. The summed E-state index contributed by atoms with van der Waals surface area (Å²) in [6, 6.07) is 7.96. The molecule has 4 nitrogen and oxygen atoms in total. The molecule has 0 aliphatic carbocycles. The van der Waals surface area contributed by atoms with E-state index in [0.717, 1.165) is 32.8 Å². The van der Waals surface area contributed by atoms with Crippen LogP contribution in [0.25, 0.3) is 32.8 Å². The van der Waals surface area contributed by atoms with E-state index in [0.29, 0.717) is 0 Å². The highest BCUT2D eigenvalue weighted by Gasteiger charge is 2.12. The molecule has 0 aliphatic rings. The molecule has 0 spiro atoms. The van der Waals surface area contributed by atoms with Crippen LogP contribution in [0.5, 0.6) is 0 Å². The Morgan fingerprint density at radius 1 is 0.706 bits per heavy atom. The third-order valence-corrected chi connectivity index (χ3v) is 3.37. The largest absolute Gasteiger partial charge is 0.254 e. The fourth-order valence-electron chi connectivity index (χ4n) is 2.12. The van der Waals surface area contributed by atoms with Crippen LogP contribution in [-0.2, 0) is 0 Å². The molecular weight excluding hydrogens is 232 g/mol. The van der Waals surface area contributed by atoms with Gasteiger partial charge in [-0.25, -0.2) is 0 Å². The lowest BCUT2D eigenvalue weighted by Gasteiger charge is -2.02. The molecule has 0 bridgehead atoms. The highest BCUT2D eigenvalue weighted by Crippen LogP contribution is 2.30. The Labute approximate surface area is 100 Å². The first-order valence-electron chi connectivity index (χ1n) is 5.19. The SMILES string of the molecule is c1cnc2c(c1)c1cccnc1c1nsnc21. The van der Waals surface area contributed by atoms with E-state index < -0.39 is 0 Å². The molecule has 4 rings (SSSR count). The van der Waals surface area contributed by atoms with Crippen molar-refractivity contribution in [1.29, 1.82) is 0 Å². The smallest absolute Gasteiger partial charge is 0.133 e. The number of benzene rings is 1. The van der Waals surface area contributed by atoms with Crippen LogP contribution in [-0.4, -0.2) is 18.7 Å². The Kier molecular flexibility index (Phi) is 1.67. The molecule has 1 aromatic carbocycles. The maximum atomic E-state index is 4.41. The van der Waals surface area contributed by atoms with E-state index >= 15 is 0 Å². The van der Waals surface area contributed by atoms with Crippen LogP contribution >= 0.6 is 11.7 Å². The van der Waals surface area contributed by atoms with Crippen LogP contribution in [0.3, 0.4) is 0 Å². The molecule has 17 heavy (non-hydrogen) atoms. The molecule has 0 atom stereocenters. The van der Waals surface area contributed by atoms with Gasteiger partial charge in [0, 0.05) is 23.2 Å². The van der Waals surface area contributed by atoms with Gasteiger partial charge in [0.1, 0.15) is 11.0 Å². The number of rotatable bonds is 0. The van der Waals surface area contributed by atoms with Crippen molar-refractivity contribution in [2.24, 2.45) is 0 Å². The Bertz CT molecular complexity index is 783. The summed E-state index contributed by atoms with van der Waals surface area (Å²) in [5.74, 6) is 0. The summed E-state index contributed by atoms with van der Waals surface area (Å²) in [4.78, 5) is 8.82. The molecule has 3 heterocycles. The van der Waals surface area contributed by atoms with Gasteiger partial charge in [0.2, 0.25) is 0 Å². The van der Waals surface area contributed by atoms with Crippen molar-refractivity contribution < 1.29 is 0 Å². The lowest BCUT2D eigenvalue weighted by molar-refractivity contribution is 1.40. The summed E-state index contributed by atoms with van der Waals surface area (Å²) in [5, 5.41) is 2.16. The number of nitrogens with zero attached hydrogens (tertiary/aromatic N) is 4. The van der Waals surface area contributed by atoms with Crippen LogP contribution in [0.2, 0.25) is 0 Å². The Balaban J connectivity index is 2.48. The molecule has 0 aliphatic heterocycles. The predicted molar refractivity (Wildman–Crippen MR) is 68.0 cm³/mol. The molecule has 3 aromatic heterocycles. The number of aromatic nitrogens is 4.